The Kier molecular flexibility index (Phi) is 4.08. The predicted molar refractivity (Wildman–Crippen MR) is 101 cm³/mol. The number of fused-ring (bicyclic) bond motifs is 5. The molecule has 6 heteroatoms. The van der Waals surface area contributed by atoms with E-state index in [-0.39, 0.29) is 36.4 Å². The number of ketones is 1. The molecule has 0 bridgehead atoms. The molecule has 4 rings (SSSR count). The molecule has 0 aromatic rings. The number of rotatable bonds is 2. The Hall–Kier alpha value is -1.50. The van der Waals surface area contributed by atoms with Crippen LogP contribution in [0.5, 0.6) is 0 Å². The number of hydrogen-bond donors (Lipinski definition) is 4. The first-order valence-electron chi connectivity index (χ1n) is 10.2. The number of carboxylic acids is 1. The molecule has 8 atom stereocenters. The number of carbonyl (C=O) groups excluding carboxylic acids is 1. The summed E-state index contributed by atoms with van der Waals surface area (Å²) in [5.74, 6) is -1.46. The lowest BCUT2D eigenvalue weighted by Gasteiger charge is -2.61. The van der Waals surface area contributed by atoms with Crippen molar-refractivity contribution >= 4 is 11.8 Å². The molecule has 4 aliphatic rings. The number of carbonyl (C=O) groups is 2. The Bertz CT molecular complexity index is 797. The SMILES string of the molecule is CC(O)(C(=O)O)[C@@]1(O)CC[C@H]2[C@@H]3CCC4=CC(=O)C=C[C@]4(C)[C@H]3C(O)C[C@@]21C. The molecule has 0 saturated heterocycles. The summed E-state index contributed by atoms with van der Waals surface area (Å²) < 4.78 is 0. The number of aliphatic carboxylic acids is 1. The molecule has 6 nitrogen and oxygen atoms in total. The molecule has 0 aliphatic heterocycles. The van der Waals surface area contributed by atoms with Crippen LogP contribution in [0.1, 0.15) is 52.9 Å². The van der Waals surface area contributed by atoms with Gasteiger partial charge < -0.3 is 20.4 Å². The fraction of sp³-hybridized carbons (Fsp3) is 0.727. The first kappa shape index (κ1) is 19.8. The second-order valence-corrected chi connectivity index (χ2v) is 9.99. The van der Waals surface area contributed by atoms with E-state index in [9.17, 15) is 30.0 Å². The van der Waals surface area contributed by atoms with Crippen LogP contribution in [0.15, 0.2) is 23.8 Å². The van der Waals surface area contributed by atoms with Crippen LogP contribution in [-0.2, 0) is 9.59 Å². The zero-order valence-electron chi connectivity index (χ0n) is 16.7. The fourth-order valence-corrected chi connectivity index (χ4v) is 7.31. The van der Waals surface area contributed by atoms with Crippen molar-refractivity contribution in [2.75, 3.05) is 0 Å². The molecule has 0 spiro atoms. The van der Waals surface area contributed by atoms with Crippen LogP contribution in [0.25, 0.3) is 0 Å². The Morgan fingerprint density at radius 2 is 1.96 bits per heavy atom. The minimum Gasteiger partial charge on any atom is -0.479 e. The minimum atomic E-state index is -2.29. The molecule has 2 unspecified atom stereocenters. The van der Waals surface area contributed by atoms with Gasteiger partial charge in [0.05, 0.1) is 6.10 Å². The van der Waals surface area contributed by atoms with Gasteiger partial charge in [-0.25, -0.2) is 4.79 Å². The molecule has 0 aromatic carbocycles. The van der Waals surface area contributed by atoms with Gasteiger partial charge in [-0.2, -0.15) is 0 Å². The van der Waals surface area contributed by atoms with E-state index in [0.717, 1.165) is 18.4 Å². The topological polar surface area (TPSA) is 115 Å². The Morgan fingerprint density at radius 3 is 2.61 bits per heavy atom. The number of carboxylic acid groups (broad SMARTS) is 1. The zero-order chi connectivity index (χ0) is 20.7. The monoisotopic (exact) mass is 390 g/mol. The van der Waals surface area contributed by atoms with Gasteiger partial charge in [-0.1, -0.05) is 25.5 Å². The maximum atomic E-state index is 11.9. The summed E-state index contributed by atoms with van der Waals surface area (Å²) in [4.78, 5) is 23.6. The zero-order valence-corrected chi connectivity index (χ0v) is 16.7. The van der Waals surface area contributed by atoms with Crippen molar-refractivity contribution in [1.29, 1.82) is 0 Å². The lowest BCUT2D eigenvalue weighted by molar-refractivity contribution is -0.236. The Labute approximate surface area is 165 Å². The van der Waals surface area contributed by atoms with Gasteiger partial charge in [-0.15, -0.1) is 0 Å². The van der Waals surface area contributed by atoms with Crippen LogP contribution in [0.3, 0.4) is 0 Å². The summed E-state index contributed by atoms with van der Waals surface area (Å²) in [5.41, 5.74) is -4.36. The van der Waals surface area contributed by atoms with Crippen LogP contribution >= 0.6 is 0 Å². The van der Waals surface area contributed by atoms with Crippen LogP contribution in [-0.4, -0.2) is 49.5 Å². The van der Waals surface area contributed by atoms with Gasteiger partial charge in [0.2, 0.25) is 0 Å². The molecule has 28 heavy (non-hydrogen) atoms. The van der Waals surface area contributed by atoms with Crippen LogP contribution < -0.4 is 0 Å². The van der Waals surface area contributed by atoms with E-state index >= 15 is 0 Å². The fourth-order valence-electron chi connectivity index (χ4n) is 7.31. The second-order valence-electron chi connectivity index (χ2n) is 9.99. The quantitative estimate of drug-likeness (QED) is 0.572. The first-order chi connectivity index (χ1) is 12.9. The summed E-state index contributed by atoms with van der Waals surface area (Å²) >= 11 is 0. The van der Waals surface area contributed by atoms with E-state index < -0.39 is 34.1 Å². The van der Waals surface area contributed by atoms with Crippen molar-refractivity contribution in [1.82, 2.24) is 0 Å². The summed E-state index contributed by atoms with van der Waals surface area (Å²) in [6.45, 7) is 5.06. The second kappa shape index (κ2) is 5.77. The van der Waals surface area contributed by atoms with Crippen molar-refractivity contribution in [2.45, 2.75) is 70.2 Å². The lowest BCUT2D eigenvalue weighted by atomic mass is 9.45. The van der Waals surface area contributed by atoms with Crippen LogP contribution in [0, 0.1) is 28.6 Å². The third-order valence-electron chi connectivity index (χ3n) is 8.87. The highest BCUT2D eigenvalue weighted by molar-refractivity contribution is 6.01. The van der Waals surface area contributed by atoms with Crippen LogP contribution in [0.2, 0.25) is 0 Å². The molecule has 3 saturated carbocycles. The van der Waals surface area contributed by atoms with E-state index in [2.05, 4.69) is 6.92 Å². The first-order valence-corrected chi connectivity index (χ1v) is 10.2. The maximum absolute atomic E-state index is 11.9. The van der Waals surface area contributed by atoms with Crippen molar-refractivity contribution in [3.63, 3.8) is 0 Å². The summed E-state index contributed by atoms with van der Waals surface area (Å²) in [6, 6.07) is 0. The highest BCUT2D eigenvalue weighted by Gasteiger charge is 2.71. The standard InChI is InChI=1S/C22H30O6/c1-19-8-6-13(23)10-12(19)4-5-14-15-7-9-22(28,21(3,27)18(25)26)20(15,2)11-16(24)17(14)19/h6,8,10,14-17,24,27-28H,4-5,7,9,11H2,1-3H3,(H,25,26)/t14-,15-,16?,17+,19-,20-,21?,22+/m0/s1. The number of aliphatic hydroxyl groups excluding tert-OH is 1. The van der Waals surface area contributed by atoms with E-state index in [1.165, 1.54) is 6.92 Å². The summed E-state index contributed by atoms with van der Waals surface area (Å²) in [6.07, 6.45) is 7.00. The molecule has 4 N–H and O–H groups in total. The number of aliphatic hydroxyl groups is 3. The molecular weight excluding hydrogens is 360 g/mol. The molecule has 0 radical (unpaired) electrons. The van der Waals surface area contributed by atoms with Crippen molar-refractivity contribution < 1.29 is 30.0 Å². The molecule has 4 aliphatic carbocycles. The molecule has 154 valence electrons. The number of hydrogen-bond acceptors (Lipinski definition) is 5. The van der Waals surface area contributed by atoms with Crippen molar-refractivity contribution in [2.24, 2.45) is 28.6 Å². The van der Waals surface area contributed by atoms with Crippen molar-refractivity contribution in [3.05, 3.63) is 23.8 Å². The normalized spacial score (nSPS) is 49.5. The molecule has 0 aromatic heterocycles. The van der Waals surface area contributed by atoms with Gasteiger partial charge >= 0.3 is 5.97 Å². The number of allylic oxidation sites excluding steroid dienone is 4. The third-order valence-corrected chi connectivity index (χ3v) is 8.87. The van der Waals surface area contributed by atoms with E-state index in [0.29, 0.717) is 6.42 Å². The van der Waals surface area contributed by atoms with Gasteiger partial charge in [0.15, 0.2) is 11.4 Å². The predicted octanol–water partition coefficient (Wildman–Crippen LogP) is 1.83. The smallest absolute Gasteiger partial charge is 0.338 e. The summed E-state index contributed by atoms with van der Waals surface area (Å²) in [7, 11) is 0. The van der Waals surface area contributed by atoms with E-state index in [1.54, 1.807) is 12.2 Å². The van der Waals surface area contributed by atoms with Crippen molar-refractivity contribution in [3.8, 4) is 0 Å². The minimum absolute atomic E-state index is 0.00104. The maximum Gasteiger partial charge on any atom is 0.338 e. The average Bonchev–Trinajstić information content (AvgIpc) is 2.87. The van der Waals surface area contributed by atoms with E-state index in [4.69, 9.17) is 0 Å². The highest BCUT2D eigenvalue weighted by atomic mass is 16.4. The van der Waals surface area contributed by atoms with Gasteiger partial charge in [-0.3, -0.25) is 4.79 Å². The largest absolute Gasteiger partial charge is 0.479 e. The van der Waals surface area contributed by atoms with Gasteiger partial charge in [0, 0.05) is 16.7 Å². The summed E-state index contributed by atoms with van der Waals surface area (Å²) in [5, 5.41) is 43.0. The van der Waals surface area contributed by atoms with Gasteiger partial charge in [0.1, 0.15) is 5.60 Å². The molecule has 0 amide bonds. The van der Waals surface area contributed by atoms with Gasteiger partial charge in [-0.05, 0) is 63.0 Å². The highest BCUT2D eigenvalue weighted by Crippen LogP contribution is 2.68. The van der Waals surface area contributed by atoms with Gasteiger partial charge in [0.25, 0.3) is 0 Å². The Morgan fingerprint density at radius 1 is 1.29 bits per heavy atom. The lowest BCUT2D eigenvalue weighted by Crippen LogP contribution is -2.67. The average molecular weight is 390 g/mol. The van der Waals surface area contributed by atoms with Crippen LogP contribution in [0.4, 0.5) is 0 Å². The van der Waals surface area contributed by atoms with E-state index in [1.807, 2.05) is 13.0 Å². The third kappa shape index (κ3) is 2.20. The molecular formula is C22H30O6. The Balaban J connectivity index is 1.76. The molecule has 0 heterocycles. The molecule has 3 fully saturated rings.